The van der Waals surface area contributed by atoms with E-state index in [2.05, 4.69) is 18.7 Å². The van der Waals surface area contributed by atoms with E-state index in [1.54, 1.807) is 18.2 Å². The number of piperidine rings is 1. The van der Waals surface area contributed by atoms with Crippen molar-refractivity contribution in [3.05, 3.63) is 69.4 Å². The summed E-state index contributed by atoms with van der Waals surface area (Å²) in [6, 6.07) is 11.3. The number of halogens is 1. The molecule has 0 spiro atoms. The molecule has 2 aliphatic rings. The number of hydrogen-bond acceptors (Lipinski definition) is 3. The van der Waals surface area contributed by atoms with Gasteiger partial charge in [-0.15, -0.1) is 0 Å². The number of imide groups is 1. The molecule has 2 aromatic carbocycles. The number of amides is 2. The van der Waals surface area contributed by atoms with Crippen molar-refractivity contribution in [3.8, 4) is 0 Å². The van der Waals surface area contributed by atoms with Gasteiger partial charge in [0.1, 0.15) is 5.70 Å². The van der Waals surface area contributed by atoms with E-state index in [0.717, 1.165) is 41.8 Å². The molecule has 2 amide bonds. The molecule has 0 aromatic heterocycles. The average Bonchev–Trinajstić information content (AvgIpc) is 2.94. The van der Waals surface area contributed by atoms with Gasteiger partial charge in [0.25, 0.3) is 11.8 Å². The predicted octanol–water partition coefficient (Wildman–Crippen LogP) is 5.53. The number of carbonyl (C=O) groups excluding carboxylic acids is 2. The Morgan fingerprint density at radius 2 is 1.52 bits per heavy atom. The second-order valence-electron chi connectivity index (χ2n) is 9.25. The highest BCUT2D eigenvalue weighted by Gasteiger charge is 2.44. The highest BCUT2D eigenvalue weighted by molar-refractivity contribution is 6.45. The van der Waals surface area contributed by atoms with Crippen LogP contribution in [0.5, 0.6) is 0 Å². The molecule has 4 nitrogen and oxygen atoms in total. The second-order valence-corrected chi connectivity index (χ2v) is 9.69. The molecular formula is C26H29ClN2O2. The SMILES string of the molecule is Cc1ccc(C2=C(N3CC(C)CC(C)C3)C(=O)N(c3ccc(Cl)cc3C)C2=O)cc1C. The molecule has 0 N–H and O–H groups in total. The van der Waals surface area contributed by atoms with Gasteiger partial charge in [-0.1, -0.05) is 43.6 Å². The first kappa shape index (κ1) is 21.6. The number of anilines is 1. The third-order valence-corrected chi connectivity index (χ3v) is 6.67. The van der Waals surface area contributed by atoms with Crippen molar-refractivity contribution in [1.29, 1.82) is 0 Å². The maximum atomic E-state index is 13.8. The van der Waals surface area contributed by atoms with Crippen LogP contribution < -0.4 is 4.90 Å². The molecule has 1 fully saturated rings. The van der Waals surface area contributed by atoms with E-state index >= 15 is 0 Å². The maximum Gasteiger partial charge on any atom is 0.282 e. The zero-order valence-electron chi connectivity index (χ0n) is 18.8. The van der Waals surface area contributed by atoms with Crippen molar-refractivity contribution in [2.45, 2.75) is 41.0 Å². The summed E-state index contributed by atoms with van der Waals surface area (Å²) in [6.45, 7) is 11.9. The molecule has 31 heavy (non-hydrogen) atoms. The summed E-state index contributed by atoms with van der Waals surface area (Å²) < 4.78 is 0. The van der Waals surface area contributed by atoms with E-state index in [1.165, 1.54) is 4.90 Å². The topological polar surface area (TPSA) is 40.6 Å². The first-order valence-electron chi connectivity index (χ1n) is 10.9. The van der Waals surface area contributed by atoms with Crippen LogP contribution in [0.25, 0.3) is 5.57 Å². The zero-order valence-corrected chi connectivity index (χ0v) is 19.6. The Morgan fingerprint density at radius 1 is 0.839 bits per heavy atom. The van der Waals surface area contributed by atoms with Crippen LogP contribution in [-0.4, -0.2) is 29.8 Å². The monoisotopic (exact) mass is 436 g/mol. The minimum atomic E-state index is -0.264. The first-order chi connectivity index (χ1) is 14.7. The van der Waals surface area contributed by atoms with Gasteiger partial charge in [0, 0.05) is 18.1 Å². The Bertz CT molecular complexity index is 1090. The molecule has 0 bridgehead atoms. The van der Waals surface area contributed by atoms with Crippen LogP contribution in [0.2, 0.25) is 5.02 Å². The van der Waals surface area contributed by atoms with Crippen molar-refractivity contribution in [2.24, 2.45) is 11.8 Å². The van der Waals surface area contributed by atoms with Crippen LogP contribution in [0.4, 0.5) is 5.69 Å². The van der Waals surface area contributed by atoms with E-state index < -0.39 is 0 Å². The third kappa shape index (κ3) is 3.89. The summed E-state index contributed by atoms with van der Waals surface area (Å²) in [5.41, 5.74) is 5.49. The molecule has 2 aromatic rings. The number of nitrogens with zero attached hydrogens (tertiary/aromatic N) is 2. The van der Waals surface area contributed by atoms with Gasteiger partial charge in [0.15, 0.2) is 0 Å². The van der Waals surface area contributed by atoms with E-state index in [9.17, 15) is 9.59 Å². The molecule has 2 aliphatic heterocycles. The maximum absolute atomic E-state index is 13.8. The van der Waals surface area contributed by atoms with Crippen LogP contribution >= 0.6 is 11.6 Å². The standard InChI is InChI=1S/C26H29ClN2O2/c1-15-10-16(2)14-28(13-15)24-23(20-7-6-17(3)18(4)11-20)25(30)29(26(24)31)22-9-8-21(27)12-19(22)5/h6-9,11-12,15-16H,10,13-14H2,1-5H3. The lowest BCUT2D eigenvalue weighted by Crippen LogP contribution is -2.42. The van der Waals surface area contributed by atoms with Gasteiger partial charge < -0.3 is 4.90 Å². The van der Waals surface area contributed by atoms with E-state index in [1.807, 2.05) is 39.0 Å². The smallest absolute Gasteiger partial charge is 0.282 e. The lowest BCUT2D eigenvalue weighted by atomic mass is 9.90. The van der Waals surface area contributed by atoms with Gasteiger partial charge in [-0.2, -0.15) is 0 Å². The summed E-state index contributed by atoms with van der Waals surface area (Å²) in [7, 11) is 0. The highest BCUT2D eigenvalue weighted by Crippen LogP contribution is 2.39. The molecule has 1 saturated heterocycles. The molecule has 2 heterocycles. The van der Waals surface area contributed by atoms with Crippen molar-refractivity contribution in [1.82, 2.24) is 4.90 Å². The summed E-state index contributed by atoms with van der Waals surface area (Å²) in [5, 5.41) is 0.585. The van der Waals surface area contributed by atoms with E-state index in [0.29, 0.717) is 33.8 Å². The fourth-order valence-electron chi connectivity index (χ4n) is 4.90. The van der Waals surface area contributed by atoms with Crippen LogP contribution in [0.15, 0.2) is 42.1 Å². The van der Waals surface area contributed by atoms with Gasteiger partial charge in [-0.3, -0.25) is 9.59 Å². The lowest BCUT2D eigenvalue weighted by Gasteiger charge is -2.37. The summed E-state index contributed by atoms with van der Waals surface area (Å²) in [5.74, 6) is 0.419. The normalized spacial score (nSPS) is 22.0. The van der Waals surface area contributed by atoms with Crippen LogP contribution in [0, 0.1) is 32.6 Å². The van der Waals surface area contributed by atoms with E-state index in [4.69, 9.17) is 11.6 Å². The molecule has 0 radical (unpaired) electrons. The molecule has 162 valence electrons. The molecular weight excluding hydrogens is 408 g/mol. The van der Waals surface area contributed by atoms with Crippen LogP contribution in [-0.2, 0) is 9.59 Å². The van der Waals surface area contributed by atoms with Crippen molar-refractivity contribution in [2.75, 3.05) is 18.0 Å². The number of likely N-dealkylation sites (tertiary alicyclic amines) is 1. The van der Waals surface area contributed by atoms with Gasteiger partial charge in [-0.05, 0) is 79.5 Å². The Hall–Kier alpha value is -2.59. The fourth-order valence-corrected chi connectivity index (χ4v) is 5.13. The number of aryl methyl sites for hydroxylation is 3. The van der Waals surface area contributed by atoms with Gasteiger partial charge >= 0.3 is 0 Å². The molecule has 0 saturated carbocycles. The van der Waals surface area contributed by atoms with Crippen LogP contribution in [0.3, 0.4) is 0 Å². The second kappa shape index (κ2) is 8.16. The Morgan fingerprint density at radius 3 is 2.13 bits per heavy atom. The van der Waals surface area contributed by atoms with Crippen molar-refractivity contribution < 1.29 is 9.59 Å². The number of rotatable bonds is 3. The van der Waals surface area contributed by atoms with Crippen LogP contribution in [0.1, 0.15) is 42.5 Å². The largest absolute Gasteiger partial charge is 0.366 e. The number of carbonyl (C=O) groups is 2. The summed E-state index contributed by atoms with van der Waals surface area (Å²) >= 11 is 6.13. The fraction of sp³-hybridized carbons (Fsp3) is 0.385. The van der Waals surface area contributed by atoms with Gasteiger partial charge in [0.05, 0.1) is 11.3 Å². The number of benzene rings is 2. The lowest BCUT2D eigenvalue weighted by molar-refractivity contribution is -0.120. The number of hydrogen-bond donors (Lipinski definition) is 0. The Kier molecular flexibility index (Phi) is 5.69. The highest BCUT2D eigenvalue weighted by atomic mass is 35.5. The Labute approximate surface area is 189 Å². The van der Waals surface area contributed by atoms with Gasteiger partial charge in [0.2, 0.25) is 0 Å². The zero-order chi connectivity index (χ0) is 22.4. The van der Waals surface area contributed by atoms with Crippen molar-refractivity contribution in [3.63, 3.8) is 0 Å². The molecule has 4 rings (SSSR count). The summed E-state index contributed by atoms with van der Waals surface area (Å²) in [4.78, 5) is 31.0. The van der Waals surface area contributed by atoms with E-state index in [-0.39, 0.29) is 11.8 Å². The molecule has 0 aliphatic carbocycles. The average molecular weight is 437 g/mol. The van der Waals surface area contributed by atoms with Crippen molar-refractivity contribution >= 4 is 34.7 Å². The predicted molar refractivity (Wildman–Crippen MR) is 126 cm³/mol. The Balaban J connectivity index is 1.87. The minimum absolute atomic E-state index is 0.245. The minimum Gasteiger partial charge on any atom is -0.366 e. The molecule has 2 unspecified atom stereocenters. The van der Waals surface area contributed by atoms with Gasteiger partial charge in [-0.25, -0.2) is 4.90 Å². The molecule has 2 atom stereocenters. The third-order valence-electron chi connectivity index (χ3n) is 6.44. The molecule has 5 heteroatoms. The quantitative estimate of drug-likeness (QED) is 0.594. The first-order valence-corrected chi connectivity index (χ1v) is 11.3. The summed E-state index contributed by atoms with van der Waals surface area (Å²) in [6.07, 6.45) is 1.13.